The smallest absolute Gasteiger partial charge is 0.321 e. The largest absolute Gasteiger partial charge is 0.481 e. The number of aryl methyl sites for hydroxylation is 1. The number of carbonyl (C=O) groups is 2. The molecule has 6 heteroatoms. The second-order valence-corrected chi connectivity index (χ2v) is 5.80. The number of rotatable bonds is 3. The maximum atomic E-state index is 12.2. The number of hydrogen-bond donors (Lipinski definition) is 2. The highest BCUT2D eigenvalue weighted by molar-refractivity contribution is 6.33. The third-order valence-electron chi connectivity index (χ3n) is 3.82. The summed E-state index contributed by atoms with van der Waals surface area (Å²) in [5, 5.41) is 12.1. The van der Waals surface area contributed by atoms with E-state index in [1.807, 2.05) is 19.1 Å². The molecule has 0 unspecified atom stereocenters. The molecule has 5 nitrogen and oxygen atoms in total. The summed E-state index contributed by atoms with van der Waals surface area (Å²) in [5.74, 6) is -0.613. The van der Waals surface area contributed by atoms with Crippen molar-refractivity contribution in [3.63, 3.8) is 0 Å². The fraction of sp³-hybridized carbons (Fsp3) is 0.467. The van der Waals surface area contributed by atoms with Crippen LogP contribution in [-0.2, 0) is 4.79 Å². The van der Waals surface area contributed by atoms with Crippen molar-refractivity contribution in [2.24, 2.45) is 5.92 Å². The van der Waals surface area contributed by atoms with Gasteiger partial charge >= 0.3 is 12.0 Å². The van der Waals surface area contributed by atoms with Crippen LogP contribution in [0.4, 0.5) is 10.5 Å². The normalized spacial score (nSPS) is 15.8. The van der Waals surface area contributed by atoms with E-state index in [4.69, 9.17) is 16.7 Å². The summed E-state index contributed by atoms with van der Waals surface area (Å²) in [5.41, 5.74) is 1.55. The number of carbonyl (C=O) groups excluding carboxylic acids is 1. The van der Waals surface area contributed by atoms with Crippen LogP contribution >= 0.6 is 11.6 Å². The molecule has 21 heavy (non-hydrogen) atoms. The van der Waals surface area contributed by atoms with Crippen LogP contribution in [0.5, 0.6) is 0 Å². The van der Waals surface area contributed by atoms with Crippen LogP contribution in [0.1, 0.15) is 24.8 Å². The number of carboxylic acids is 1. The maximum Gasteiger partial charge on any atom is 0.321 e. The molecular formula is C15H19ClN2O3. The Morgan fingerprint density at radius 3 is 2.62 bits per heavy atom. The Morgan fingerprint density at radius 2 is 2.05 bits per heavy atom. The molecule has 1 aromatic rings. The van der Waals surface area contributed by atoms with Crippen LogP contribution in [0.2, 0.25) is 5.02 Å². The van der Waals surface area contributed by atoms with Crippen LogP contribution in [0.15, 0.2) is 18.2 Å². The monoisotopic (exact) mass is 310 g/mol. The first-order chi connectivity index (χ1) is 9.97. The molecule has 2 amide bonds. The molecule has 114 valence electrons. The van der Waals surface area contributed by atoms with Gasteiger partial charge in [-0.15, -0.1) is 0 Å². The number of hydrogen-bond acceptors (Lipinski definition) is 2. The summed E-state index contributed by atoms with van der Waals surface area (Å²) in [7, 11) is 0. The summed E-state index contributed by atoms with van der Waals surface area (Å²) in [6.07, 6.45) is 1.63. The highest BCUT2D eigenvalue weighted by atomic mass is 35.5. The van der Waals surface area contributed by atoms with E-state index in [-0.39, 0.29) is 18.4 Å². The molecule has 0 atom stereocenters. The second-order valence-electron chi connectivity index (χ2n) is 5.39. The van der Waals surface area contributed by atoms with E-state index < -0.39 is 5.97 Å². The molecule has 0 aromatic heterocycles. The lowest BCUT2D eigenvalue weighted by Gasteiger charge is -2.31. The Bertz CT molecular complexity index is 519. The molecule has 0 radical (unpaired) electrons. The van der Waals surface area contributed by atoms with Crippen LogP contribution in [-0.4, -0.2) is 35.1 Å². The fourth-order valence-electron chi connectivity index (χ4n) is 2.56. The van der Waals surface area contributed by atoms with Gasteiger partial charge in [-0.25, -0.2) is 4.79 Å². The summed E-state index contributed by atoms with van der Waals surface area (Å²) in [6.45, 7) is 3.04. The van der Waals surface area contributed by atoms with Crippen molar-refractivity contribution in [3.05, 3.63) is 28.8 Å². The average Bonchev–Trinajstić information content (AvgIpc) is 2.43. The minimum Gasteiger partial charge on any atom is -0.481 e. The van der Waals surface area contributed by atoms with Crippen LogP contribution in [0, 0.1) is 12.8 Å². The zero-order valence-corrected chi connectivity index (χ0v) is 12.7. The molecule has 1 heterocycles. The molecule has 1 fully saturated rings. The number of amides is 2. The summed E-state index contributed by atoms with van der Waals surface area (Å²) in [4.78, 5) is 24.6. The maximum absolute atomic E-state index is 12.2. The van der Waals surface area contributed by atoms with Gasteiger partial charge in [-0.3, -0.25) is 4.79 Å². The standard InChI is InChI=1S/C15H19ClN2O3/c1-10-3-2-4-12(16)14(10)17-15(21)18-7-5-11(6-8-18)9-13(19)20/h2-4,11H,5-9H2,1H3,(H,17,21)(H,19,20). The van der Waals surface area contributed by atoms with Gasteiger partial charge in [0.05, 0.1) is 10.7 Å². The van der Waals surface area contributed by atoms with Crippen LogP contribution < -0.4 is 5.32 Å². The quantitative estimate of drug-likeness (QED) is 0.899. The van der Waals surface area contributed by atoms with Gasteiger partial charge < -0.3 is 15.3 Å². The molecule has 1 aliphatic rings. The zero-order chi connectivity index (χ0) is 15.4. The molecule has 0 saturated carbocycles. The lowest BCUT2D eigenvalue weighted by Crippen LogP contribution is -2.41. The lowest BCUT2D eigenvalue weighted by atomic mass is 9.94. The van der Waals surface area contributed by atoms with Gasteiger partial charge in [0.15, 0.2) is 0 Å². The second kappa shape index (κ2) is 6.80. The van der Waals surface area contributed by atoms with E-state index in [0.29, 0.717) is 23.8 Å². The number of carboxylic acid groups (broad SMARTS) is 1. The number of nitrogens with one attached hydrogen (secondary N) is 1. The Labute approximate surface area is 128 Å². The number of aliphatic carboxylic acids is 1. The predicted octanol–water partition coefficient (Wildman–Crippen LogP) is 3.37. The van der Waals surface area contributed by atoms with E-state index in [9.17, 15) is 9.59 Å². The predicted molar refractivity (Wildman–Crippen MR) is 81.8 cm³/mol. The van der Waals surface area contributed by atoms with E-state index in [0.717, 1.165) is 18.4 Å². The average molecular weight is 311 g/mol. The number of anilines is 1. The van der Waals surface area contributed by atoms with Gasteiger partial charge in [-0.05, 0) is 37.3 Å². The Hall–Kier alpha value is -1.75. The zero-order valence-electron chi connectivity index (χ0n) is 11.9. The fourth-order valence-corrected chi connectivity index (χ4v) is 2.83. The Morgan fingerprint density at radius 1 is 1.38 bits per heavy atom. The summed E-state index contributed by atoms with van der Waals surface area (Å²) in [6, 6.07) is 5.29. The van der Waals surface area contributed by atoms with E-state index in [1.165, 1.54) is 0 Å². The Balaban J connectivity index is 1.92. The summed E-state index contributed by atoms with van der Waals surface area (Å²) < 4.78 is 0. The van der Waals surface area contributed by atoms with Gasteiger partial charge in [0, 0.05) is 19.5 Å². The number of likely N-dealkylation sites (tertiary alicyclic amines) is 1. The van der Waals surface area contributed by atoms with Gasteiger partial charge in [0.25, 0.3) is 0 Å². The van der Waals surface area contributed by atoms with Gasteiger partial charge in [-0.1, -0.05) is 23.7 Å². The molecular weight excluding hydrogens is 292 g/mol. The Kier molecular flexibility index (Phi) is 5.07. The molecule has 1 aromatic carbocycles. The molecule has 2 rings (SSSR count). The van der Waals surface area contributed by atoms with Crippen molar-refractivity contribution in [1.82, 2.24) is 4.90 Å². The number of benzene rings is 1. The number of halogens is 1. The van der Waals surface area contributed by atoms with Crippen LogP contribution in [0.3, 0.4) is 0 Å². The molecule has 0 bridgehead atoms. The van der Waals surface area contributed by atoms with Gasteiger partial charge in [-0.2, -0.15) is 0 Å². The minimum atomic E-state index is -0.774. The van der Waals surface area contributed by atoms with E-state index in [2.05, 4.69) is 5.32 Å². The van der Waals surface area contributed by atoms with Crippen molar-refractivity contribution in [3.8, 4) is 0 Å². The van der Waals surface area contributed by atoms with Crippen molar-refractivity contribution in [2.45, 2.75) is 26.2 Å². The topological polar surface area (TPSA) is 69.6 Å². The molecule has 0 aliphatic carbocycles. The molecule has 1 aliphatic heterocycles. The van der Waals surface area contributed by atoms with Gasteiger partial charge in [0.1, 0.15) is 0 Å². The number of piperidine rings is 1. The first kappa shape index (κ1) is 15.6. The number of urea groups is 1. The highest BCUT2D eigenvalue weighted by Crippen LogP contribution is 2.26. The van der Waals surface area contributed by atoms with Crippen molar-refractivity contribution < 1.29 is 14.7 Å². The third kappa shape index (κ3) is 4.11. The van der Waals surface area contributed by atoms with Crippen molar-refractivity contribution >= 4 is 29.3 Å². The van der Waals surface area contributed by atoms with Crippen LogP contribution in [0.25, 0.3) is 0 Å². The molecule has 0 spiro atoms. The summed E-state index contributed by atoms with van der Waals surface area (Å²) >= 11 is 6.09. The number of nitrogens with zero attached hydrogens (tertiary/aromatic N) is 1. The lowest BCUT2D eigenvalue weighted by molar-refractivity contribution is -0.138. The molecule has 1 saturated heterocycles. The van der Waals surface area contributed by atoms with E-state index in [1.54, 1.807) is 11.0 Å². The minimum absolute atomic E-state index is 0.161. The first-order valence-corrected chi connectivity index (χ1v) is 7.38. The van der Waals surface area contributed by atoms with Crippen molar-refractivity contribution in [2.75, 3.05) is 18.4 Å². The van der Waals surface area contributed by atoms with E-state index >= 15 is 0 Å². The van der Waals surface area contributed by atoms with Crippen molar-refractivity contribution in [1.29, 1.82) is 0 Å². The third-order valence-corrected chi connectivity index (χ3v) is 4.13. The first-order valence-electron chi connectivity index (χ1n) is 7.00. The number of para-hydroxylation sites is 1. The molecule has 2 N–H and O–H groups in total. The SMILES string of the molecule is Cc1cccc(Cl)c1NC(=O)N1CCC(CC(=O)O)CC1. The van der Waals surface area contributed by atoms with Gasteiger partial charge in [0.2, 0.25) is 0 Å². The highest BCUT2D eigenvalue weighted by Gasteiger charge is 2.24.